The van der Waals surface area contributed by atoms with Gasteiger partial charge in [-0.1, -0.05) is 17.7 Å². The molecule has 0 spiro atoms. The molecule has 1 aliphatic heterocycles. The number of rotatable bonds is 3. The van der Waals surface area contributed by atoms with Crippen LogP contribution in [0.5, 0.6) is 0 Å². The van der Waals surface area contributed by atoms with Crippen LogP contribution in [0.2, 0.25) is 5.02 Å². The lowest BCUT2D eigenvalue weighted by atomic mass is 9.89. The minimum atomic E-state index is -0.541. The van der Waals surface area contributed by atoms with Crippen molar-refractivity contribution in [2.24, 2.45) is 11.1 Å². The molecule has 5 heteroatoms. The Hall–Kier alpha value is -1.26. The third-order valence-corrected chi connectivity index (χ3v) is 4.17. The van der Waals surface area contributed by atoms with Crippen LogP contribution in [0.4, 0.5) is 5.69 Å². The molecule has 3 N–H and O–H groups in total. The third kappa shape index (κ3) is 2.69. The summed E-state index contributed by atoms with van der Waals surface area (Å²) in [4.78, 5) is 13.5. The maximum Gasteiger partial charge on any atom is 0.225 e. The minimum Gasteiger partial charge on any atom is -0.389 e. The summed E-state index contributed by atoms with van der Waals surface area (Å²) in [7, 11) is 0. The normalized spacial score (nSPS) is 24.5. The van der Waals surface area contributed by atoms with E-state index in [0.29, 0.717) is 11.6 Å². The van der Waals surface area contributed by atoms with Gasteiger partial charge in [-0.3, -0.25) is 4.79 Å². The first-order valence-electron chi connectivity index (χ1n) is 6.36. The molecule has 1 amide bonds. The highest BCUT2D eigenvalue weighted by molar-refractivity contribution is 6.33. The van der Waals surface area contributed by atoms with Gasteiger partial charge in [0.15, 0.2) is 0 Å². The second-order valence-corrected chi connectivity index (χ2v) is 5.89. The number of carbonyl (C=O) groups is 1. The highest BCUT2D eigenvalue weighted by Gasteiger charge is 2.39. The molecule has 1 aromatic carbocycles. The molecule has 0 bridgehead atoms. The monoisotopic (exact) mass is 282 g/mol. The number of benzene rings is 1. The van der Waals surface area contributed by atoms with Crippen molar-refractivity contribution in [1.82, 2.24) is 0 Å². The molecule has 1 heterocycles. The van der Waals surface area contributed by atoms with E-state index in [9.17, 15) is 9.90 Å². The zero-order valence-corrected chi connectivity index (χ0v) is 11.9. The number of aliphatic hydroxyl groups excluding tert-OH is 1. The Bertz CT molecular complexity index is 504. The Labute approximate surface area is 118 Å². The fraction of sp³-hybridized carbons (Fsp3) is 0.500. The van der Waals surface area contributed by atoms with E-state index in [0.717, 1.165) is 24.2 Å². The lowest BCUT2D eigenvalue weighted by Gasteiger charge is -2.23. The van der Waals surface area contributed by atoms with E-state index in [-0.39, 0.29) is 5.91 Å². The molecule has 0 radical (unpaired) electrons. The van der Waals surface area contributed by atoms with E-state index in [4.69, 9.17) is 17.3 Å². The molecule has 2 rings (SSSR count). The van der Waals surface area contributed by atoms with Crippen molar-refractivity contribution in [1.29, 1.82) is 0 Å². The van der Waals surface area contributed by atoms with Crippen LogP contribution in [0.1, 0.15) is 31.9 Å². The SMILES string of the molecule is CC(O)c1ccc(N2CCC(C)(C(N)=O)C2)c(Cl)c1. The third-order valence-electron chi connectivity index (χ3n) is 3.86. The van der Waals surface area contributed by atoms with Crippen LogP contribution < -0.4 is 10.6 Å². The molecule has 0 aromatic heterocycles. The number of hydrogen-bond acceptors (Lipinski definition) is 3. The van der Waals surface area contributed by atoms with Crippen LogP contribution in [0, 0.1) is 5.41 Å². The number of aliphatic hydroxyl groups is 1. The quantitative estimate of drug-likeness (QED) is 0.892. The van der Waals surface area contributed by atoms with Gasteiger partial charge in [-0.15, -0.1) is 0 Å². The van der Waals surface area contributed by atoms with Crippen LogP contribution >= 0.6 is 11.6 Å². The summed E-state index contributed by atoms with van der Waals surface area (Å²) in [6.45, 7) is 4.92. The second kappa shape index (κ2) is 5.02. The maximum absolute atomic E-state index is 11.5. The predicted molar refractivity (Wildman–Crippen MR) is 76.2 cm³/mol. The molecule has 2 unspecified atom stereocenters. The highest BCUT2D eigenvalue weighted by Crippen LogP contribution is 2.37. The van der Waals surface area contributed by atoms with Gasteiger partial charge in [-0.05, 0) is 38.0 Å². The Balaban J connectivity index is 2.23. The fourth-order valence-electron chi connectivity index (χ4n) is 2.41. The average Bonchev–Trinajstić information content (AvgIpc) is 2.73. The van der Waals surface area contributed by atoms with E-state index in [1.807, 2.05) is 19.1 Å². The summed E-state index contributed by atoms with van der Waals surface area (Å²) in [5, 5.41) is 10.1. The van der Waals surface area contributed by atoms with Gasteiger partial charge in [0.05, 0.1) is 22.2 Å². The Morgan fingerprint density at radius 1 is 1.58 bits per heavy atom. The van der Waals surface area contributed by atoms with Crippen molar-refractivity contribution in [3.05, 3.63) is 28.8 Å². The van der Waals surface area contributed by atoms with Crippen molar-refractivity contribution in [3.63, 3.8) is 0 Å². The summed E-state index contributed by atoms with van der Waals surface area (Å²) in [6.07, 6.45) is 0.192. The van der Waals surface area contributed by atoms with E-state index in [1.165, 1.54) is 0 Å². The number of amides is 1. The van der Waals surface area contributed by atoms with Gasteiger partial charge in [0.1, 0.15) is 0 Å². The molecule has 1 saturated heterocycles. The van der Waals surface area contributed by atoms with Crippen LogP contribution in [0.15, 0.2) is 18.2 Å². The fourth-order valence-corrected chi connectivity index (χ4v) is 2.72. The zero-order chi connectivity index (χ0) is 14.2. The lowest BCUT2D eigenvalue weighted by molar-refractivity contribution is -0.125. The first-order valence-corrected chi connectivity index (χ1v) is 6.74. The summed E-state index contributed by atoms with van der Waals surface area (Å²) in [5.41, 5.74) is 6.62. The highest BCUT2D eigenvalue weighted by atomic mass is 35.5. The first kappa shape index (κ1) is 14.2. The van der Waals surface area contributed by atoms with E-state index < -0.39 is 11.5 Å². The first-order chi connectivity index (χ1) is 8.83. The van der Waals surface area contributed by atoms with Crippen molar-refractivity contribution in [2.75, 3.05) is 18.0 Å². The van der Waals surface area contributed by atoms with Gasteiger partial charge in [0.25, 0.3) is 0 Å². The molecule has 0 aliphatic carbocycles. The Morgan fingerprint density at radius 2 is 2.26 bits per heavy atom. The predicted octanol–water partition coefficient (Wildman–Crippen LogP) is 2.09. The largest absolute Gasteiger partial charge is 0.389 e. The van der Waals surface area contributed by atoms with Gasteiger partial charge in [0.2, 0.25) is 5.91 Å². The maximum atomic E-state index is 11.5. The van der Waals surface area contributed by atoms with Gasteiger partial charge in [-0.2, -0.15) is 0 Å². The molecule has 1 aliphatic rings. The summed E-state index contributed by atoms with van der Waals surface area (Å²) in [5.74, 6) is -0.272. The van der Waals surface area contributed by atoms with E-state index in [1.54, 1.807) is 13.0 Å². The van der Waals surface area contributed by atoms with Gasteiger partial charge in [0, 0.05) is 13.1 Å². The molecule has 1 aromatic rings. The number of nitrogens with two attached hydrogens (primary N) is 1. The topological polar surface area (TPSA) is 66.6 Å². The molecule has 4 nitrogen and oxygen atoms in total. The number of nitrogens with zero attached hydrogens (tertiary/aromatic N) is 1. The molecular formula is C14H19ClN2O2. The number of hydrogen-bond donors (Lipinski definition) is 2. The summed E-state index contributed by atoms with van der Waals surface area (Å²) < 4.78 is 0. The lowest BCUT2D eigenvalue weighted by Crippen LogP contribution is -2.37. The molecule has 2 atom stereocenters. The second-order valence-electron chi connectivity index (χ2n) is 5.48. The molecule has 1 fully saturated rings. The summed E-state index contributed by atoms with van der Waals surface area (Å²) in [6, 6.07) is 5.50. The number of halogens is 1. The van der Waals surface area contributed by atoms with Crippen molar-refractivity contribution in [3.8, 4) is 0 Å². The molecule has 19 heavy (non-hydrogen) atoms. The minimum absolute atomic E-state index is 0.272. The van der Waals surface area contributed by atoms with Gasteiger partial charge < -0.3 is 15.7 Å². The van der Waals surface area contributed by atoms with Crippen molar-refractivity contribution in [2.45, 2.75) is 26.4 Å². The van der Waals surface area contributed by atoms with Crippen LogP contribution in [0.25, 0.3) is 0 Å². The van der Waals surface area contributed by atoms with E-state index in [2.05, 4.69) is 4.90 Å². The number of primary amides is 1. The summed E-state index contributed by atoms with van der Waals surface area (Å²) >= 11 is 6.26. The van der Waals surface area contributed by atoms with Crippen LogP contribution in [-0.2, 0) is 4.79 Å². The van der Waals surface area contributed by atoms with E-state index >= 15 is 0 Å². The average molecular weight is 283 g/mol. The number of anilines is 1. The molecule has 104 valence electrons. The van der Waals surface area contributed by atoms with Crippen molar-refractivity contribution >= 4 is 23.2 Å². The van der Waals surface area contributed by atoms with Crippen molar-refractivity contribution < 1.29 is 9.90 Å². The van der Waals surface area contributed by atoms with Crippen LogP contribution in [0.3, 0.4) is 0 Å². The number of carbonyl (C=O) groups excluding carboxylic acids is 1. The van der Waals surface area contributed by atoms with Crippen LogP contribution in [-0.4, -0.2) is 24.1 Å². The Kier molecular flexibility index (Phi) is 3.74. The van der Waals surface area contributed by atoms with Gasteiger partial charge >= 0.3 is 0 Å². The Morgan fingerprint density at radius 3 is 2.74 bits per heavy atom. The zero-order valence-electron chi connectivity index (χ0n) is 11.2. The smallest absolute Gasteiger partial charge is 0.225 e. The molecular weight excluding hydrogens is 264 g/mol. The standard InChI is InChI=1S/C14H19ClN2O2/c1-9(18)10-3-4-12(11(15)7-10)17-6-5-14(2,8-17)13(16)19/h3-4,7,9,18H,5-6,8H2,1-2H3,(H2,16,19). The van der Waals surface area contributed by atoms with Gasteiger partial charge in [-0.25, -0.2) is 0 Å². The molecule has 0 saturated carbocycles.